The van der Waals surface area contributed by atoms with Crippen molar-refractivity contribution in [1.82, 2.24) is 5.32 Å². The van der Waals surface area contributed by atoms with E-state index in [2.05, 4.69) is 5.32 Å². The van der Waals surface area contributed by atoms with E-state index in [0.29, 0.717) is 31.6 Å². The lowest BCUT2D eigenvalue weighted by atomic mass is 9.94. The average Bonchev–Trinajstić information content (AvgIpc) is 2.46. The van der Waals surface area contributed by atoms with E-state index in [1.807, 2.05) is 24.5 Å². The predicted octanol–water partition coefficient (Wildman–Crippen LogP) is 1.82. The van der Waals surface area contributed by atoms with E-state index in [0.717, 1.165) is 11.3 Å². The van der Waals surface area contributed by atoms with Crippen LogP contribution >= 0.6 is 11.8 Å². The molecule has 1 fully saturated rings. The highest BCUT2D eigenvalue weighted by molar-refractivity contribution is 7.97. The highest BCUT2D eigenvalue weighted by Crippen LogP contribution is 2.19. The van der Waals surface area contributed by atoms with Crippen LogP contribution in [0, 0.1) is 0 Å². The van der Waals surface area contributed by atoms with E-state index in [4.69, 9.17) is 4.74 Å². The molecule has 0 bridgehead atoms. The molecule has 4 nitrogen and oxygen atoms in total. The van der Waals surface area contributed by atoms with E-state index >= 15 is 0 Å². The molecule has 1 aliphatic rings. The van der Waals surface area contributed by atoms with Crippen molar-refractivity contribution >= 4 is 17.7 Å². The molecular formula is C15H21NO3S. The van der Waals surface area contributed by atoms with Crippen LogP contribution in [0.3, 0.4) is 0 Å². The monoisotopic (exact) mass is 295 g/mol. The van der Waals surface area contributed by atoms with Gasteiger partial charge in [-0.3, -0.25) is 4.79 Å². The van der Waals surface area contributed by atoms with Gasteiger partial charge in [-0.2, -0.15) is 11.8 Å². The van der Waals surface area contributed by atoms with Crippen molar-refractivity contribution in [2.75, 3.05) is 26.0 Å². The Morgan fingerprint density at radius 3 is 2.90 bits per heavy atom. The highest BCUT2D eigenvalue weighted by atomic mass is 32.2. The van der Waals surface area contributed by atoms with E-state index in [1.165, 1.54) is 0 Å². The first-order valence-electron chi connectivity index (χ1n) is 6.79. The van der Waals surface area contributed by atoms with Crippen molar-refractivity contribution in [2.45, 2.75) is 24.2 Å². The summed E-state index contributed by atoms with van der Waals surface area (Å²) in [6, 6.07) is 7.61. The number of hydrogen-bond donors (Lipinski definition) is 2. The Morgan fingerprint density at radius 2 is 2.20 bits per heavy atom. The van der Waals surface area contributed by atoms with Gasteiger partial charge in [-0.15, -0.1) is 0 Å². The molecule has 0 aromatic heterocycles. The molecule has 0 saturated carbocycles. The number of benzene rings is 1. The smallest absolute Gasteiger partial charge is 0.251 e. The molecule has 0 radical (unpaired) electrons. The summed E-state index contributed by atoms with van der Waals surface area (Å²) in [7, 11) is 0. The zero-order valence-corrected chi connectivity index (χ0v) is 12.5. The Hall–Kier alpha value is -1.04. The quantitative estimate of drug-likeness (QED) is 0.870. The first kappa shape index (κ1) is 15.4. The molecule has 2 rings (SSSR count). The van der Waals surface area contributed by atoms with Gasteiger partial charge in [0.1, 0.15) is 0 Å². The number of thioether (sulfide) groups is 1. The zero-order valence-electron chi connectivity index (χ0n) is 11.7. The van der Waals surface area contributed by atoms with Gasteiger partial charge in [0.05, 0.1) is 5.60 Å². The number of carbonyl (C=O) groups excluding carboxylic acids is 1. The van der Waals surface area contributed by atoms with Crippen molar-refractivity contribution in [3.05, 3.63) is 35.4 Å². The molecule has 1 aromatic carbocycles. The largest absolute Gasteiger partial charge is 0.388 e. The van der Waals surface area contributed by atoms with Gasteiger partial charge in [-0.25, -0.2) is 0 Å². The number of aliphatic hydroxyl groups is 1. The van der Waals surface area contributed by atoms with Crippen LogP contribution in [0.5, 0.6) is 0 Å². The Labute approximate surface area is 123 Å². The Kier molecular flexibility index (Phi) is 5.46. The fourth-order valence-corrected chi connectivity index (χ4v) is 2.76. The maximum atomic E-state index is 12.1. The summed E-state index contributed by atoms with van der Waals surface area (Å²) in [5.41, 5.74) is 0.951. The fourth-order valence-electron chi connectivity index (χ4n) is 2.24. The third-order valence-electron chi connectivity index (χ3n) is 3.50. The van der Waals surface area contributed by atoms with E-state index in [1.54, 1.807) is 17.8 Å². The normalized spacial score (nSPS) is 17.7. The van der Waals surface area contributed by atoms with Crippen LogP contribution in [0.15, 0.2) is 24.3 Å². The number of amides is 1. The van der Waals surface area contributed by atoms with Crippen molar-refractivity contribution in [1.29, 1.82) is 0 Å². The van der Waals surface area contributed by atoms with Gasteiger partial charge < -0.3 is 15.2 Å². The lowest BCUT2D eigenvalue weighted by Crippen LogP contribution is -2.46. The first-order chi connectivity index (χ1) is 9.63. The molecule has 0 aliphatic carbocycles. The van der Waals surface area contributed by atoms with Crippen LogP contribution in [0.4, 0.5) is 0 Å². The van der Waals surface area contributed by atoms with Crippen molar-refractivity contribution in [2.24, 2.45) is 0 Å². The molecule has 1 aliphatic heterocycles. The molecule has 0 spiro atoms. The average molecular weight is 295 g/mol. The van der Waals surface area contributed by atoms with Crippen LogP contribution in [0.2, 0.25) is 0 Å². The summed E-state index contributed by atoms with van der Waals surface area (Å²) in [6.07, 6.45) is 3.17. The maximum absolute atomic E-state index is 12.1. The second kappa shape index (κ2) is 7.11. The molecule has 1 aromatic rings. The number of ether oxygens (including phenoxy) is 1. The fraction of sp³-hybridized carbons (Fsp3) is 0.533. The molecule has 20 heavy (non-hydrogen) atoms. The van der Waals surface area contributed by atoms with Crippen LogP contribution in [-0.4, -0.2) is 42.6 Å². The second-order valence-electron chi connectivity index (χ2n) is 5.15. The van der Waals surface area contributed by atoms with Gasteiger partial charge in [0.25, 0.3) is 5.91 Å². The van der Waals surface area contributed by atoms with Crippen LogP contribution in [0.1, 0.15) is 28.8 Å². The molecule has 5 heteroatoms. The summed E-state index contributed by atoms with van der Waals surface area (Å²) in [5, 5.41) is 13.1. The lowest BCUT2D eigenvalue weighted by molar-refractivity contribution is -0.0605. The third kappa shape index (κ3) is 4.23. The van der Waals surface area contributed by atoms with Crippen LogP contribution in [0.25, 0.3) is 0 Å². The summed E-state index contributed by atoms with van der Waals surface area (Å²) in [5.74, 6) is 0.760. The van der Waals surface area contributed by atoms with Crippen molar-refractivity contribution in [3.63, 3.8) is 0 Å². The third-order valence-corrected chi connectivity index (χ3v) is 4.12. The summed E-state index contributed by atoms with van der Waals surface area (Å²) >= 11 is 1.72. The number of carbonyl (C=O) groups is 1. The Bertz CT molecular complexity index is 458. The van der Waals surface area contributed by atoms with E-state index in [-0.39, 0.29) is 12.5 Å². The topological polar surface area (TPSA) is 58.6 Å². The minimum atomic E-state index is -0.829. The van der Waals surface area contributed by atoms with Gasteiger partial charge in [0, 0.05) is 43.9 Å². The summed E-state index contributed by atoms with van der Waals surface area (Å²) in [4.78, 5) is 12.1. The summed E-state index contributed by atoms with van der Waals surface area (Å²) in [6.45, 7) is 1.38. The number of nitrogens with one attached hydrogen (secondary N) is 1. The molecule has 1 saturated heterocycles. The van der Waals surface area contributed by atoms with Gasteiger partial charge in [0.2, 0.25) is 0 Å². The molecular weight excluding hydrogens is 274 g/mol. The van der Waals surface area contributed by atoms with Gasteiger partial charge in [-0.05, 0) is 24.0 Å². The van der Waals surface area contributed by atoms with E-state index in [9.17, 15) is 9.90 Å². The molecule has 0 atom stereocenters. The van der Waals surface area contributed by atoms with E-state index < -0.39 is 5.60 Å². The Morgan fingerprint density at radius 1 is 1.45 bits per heavy atom. The minimum absolute atomic E-state index is 0.132. The molecule has 1 heterocycles. The van der Waals surface area contributed by atoms with Crippen LogP contribution in [-0.2, 0) is 10.5 Å². The SMILES string of the molecule is CSCc1cccc(C(=O)NCC2(O)CCOCC2)c1. The molecule has 110 valence electrons. The summed E-state index contributed by atoms with van der Waals surface area (Å²) < 4.78 is 5.22. The Balaban J connectivity index is 1.92. The van der Waals surface area contributed by atoms with Gasteiger partial charge in [0.15, 0.2) is 0 Å². The van der Waals surface area contributed by atoms with Crippen LogP contribution < -0.4 is 5.32 Å². The number of hydrogen-bond acceptors (Lipinski definition) is 4. The number of rotatable bonds is 5. The highest BCUT2D eigenvalue weighted by Gasteiger charge is 2.30. The first-order valence-corrected chi connectivity index (χ1v) is 8.18. The standard InChI is InChI=1S/C15H21NO3S/c1-20-10-12-3-2-4-13(9-12)14(17)16-11-15(18)5-7-19-8-6-15/h2-4,9,18H,5-8,10-11H2,1H3,(H,16,17). The lowest BCUT2D eigenvalue weighted by Gasteiger charge is -2.32. The van der Waals surface area contributed by atoms with Gasteiger partial charge >= 0.3 is 0 Å². The molecule has 1 amide bonds. The maximum Gasteiger partial charge on any atom is 0.251 e. The second-order valence-corrected chi connectivity index (χ2v) is 6.02. The zero-order chi connectivity index (χ0) is 14.4. The van der Waals surface area contributed by atoms with Crippen molar-refractivity contribution < 1.29 is 14.6 Å². The predicted molar refractivity (Wildman–Crippen MR) is 81.0 cm³/mol. The molecule has 2 N–H and O–H groups in total. The van der Waals surface area contributed by atoms with Gasteiger partial charge in [-0.1, -0.05) is 12.1 Å². The molecule has 0 unspecified atom stereocenters. The minimum Gasteiger partial charge on any atom is -0.388 e. The van der Waals surface area contributed by atoms with Crippen molar-refractivity contribution in [3.8, 4) is 0 Å².